The molecule has 0 heterocycles. The molecule has 0 saturated heterocycles. The minimum Gasteiger partial charge on any atom is -0.463 e. The van der Waals surface area contributed by atoms with Gasteiger partial charge in [-0.2, -0.15) is 0 Å². The van der Waals surface area contributed by atoms with Gasteiger partial charge in [-0.3, -0.25) is 0 Å². The summed E-state index contributed by atoms with van der Waals surface area (Å²) in [4.78, 5) is 22.6. The third-order valence-corrected chi connectivity index (χ3v) is 4.21. The van der Waals surface area contributed by atoms with Crippen molar-refractivity contribution in [3.05, 3.63) is 83.9 Å². The number of esters is 2. The fourth-order valence-electron chi connectivity index (χ4n) is 2.74. The van der Waals surface area contributed by atoms with Crippen molar-refractivity contribution < 1.29 is 19.1 Å². The van der Waals surface area contributed by atoms with Crippen molar-refractivity contribution in [1.29, 1.82) is 0 Å². The molecule has 0 aliphatic rings. The quantitative estimate of drug-likeness (QED) is 0.392. The Kier molecular flexibility index (Phi) is 12.3. The molecule has 0 aromatic heterocycles. The molecule has 0 atom stereocenters. The molecule has 0 amide bonds. The van der Waals surface area contributed by atoms with E-state index in [1.807, 2.05) is 74.5 Å². The van der Waals surface area contributed by atoms with Crippen LogP contribution in [0.3, 0.4) is 0 Å². The van der Waals surface area contributed by atoms with E-state index in [-0.39, 0.29) is 11.9 Å². The molecule has 0 bridgehead atoms. The van der Waals surface area contributed by atoms with Gasteiger partial charge in [-0.25, -0.2) is 9.59 Å². The Morgan fingerprint density at radius 2 is 0.967 bits per heavy atom. The van der Waals surface area contributed by atoms with Crippen molar-refractivity contribution in [2.75, 3.05) is 13.2 Å². The summed E-state index contributed by atoms with van der Waals surface area (Å²) in [6, 6.07) is 19.7. The van der Waals surface area contributed by atoms with Crippen LogP contribution in [0, 0.1) is 0 Å². The predicted octanol–water partition coefficient (Wildman–Crippen LogP) is 6.09. The molecule has 0 fully saturated rings. The van der Waals surface area contributed by atoms with Crippen molar-refractivity contribution in [3.8, 4) is 0 Å². The van der Waals surface area contributed by atoms with Crippen LogP contribution in [0.5, 0.6) is 0 Å². The number of allylic oxidation sites excluding steroid dienone is 2. The van der Waals surface area contributed by atoms with Gasteiger partial charge in [-0.05, 0) is 49.0 Å². The van der Waals surface area contributed by atoms with E-state index in [4.69, 9.17) is 9.47 Å². The Labute approximate surface area is 180 Å². The lowest BCUT2D eigenvalue weighted by Crippen LogP contribution is -2.00. The van der Waals surface area contributed by atoms with Crippen molar-refractivity contribution >= 4 is 23.1 Å². The number of hydrogen-bond donors (Lipinski definition) is 0. The zero-order valence-electron chi connectivity index (χ0n) is 18.4. The van der Waals surface area contributed by atoms with Crippen molar-refractivity contribution in [3.63, 3.8) is 0 Å². The number of hydrogen-bond acceptors (Lipinski definition) is 4. The van der Waals surface area contributed by atoms with Crippen LogP contribution in [0.15, 0.2) is 72.8 Å². The summed E-state index contributed by atoms with van der Waals surface area (Å²) in [7, 11) is 0. The largest absolute Gasteiger partial charge is 0.463 e. The Morgan fingerprint density at radius 3 is 1.23 bits per heavy atom. The molecule has 2 aromatic rings. The van der Waals surface area contributed by atoms with E-state index in [9.17, 15) is 9.59 Å². The first-order valence-corrected chi connectivity index (χ1v) is 10.4. The fraction of sp³-hybridized carbons (Fsp3) is 0.308. The van der Waals surface area contributed by atoms with E-state index in [1.165, 1.54) is 0 Å². The highest BCUT2D eigenvalue weighted by molar-refractivity contribution is 5.91. The van der Waals surface area contributed by atoms with Crippen LogP contribution in [-0.2, 0) is 19.1 Å². The zero-order chi connectivity index (χ0) is 22.2. The second-order valence-electron chi connectivity index (χ2n) is 6.28. The normalized spacial score (nSPS) is 11.2. The first kappa shape index (κ1) is 24.9. The average Bonchev–Trinajstić information content (AvgIpc) is 2.78. The minimum atomic E-state index is -0.266. The summed E-state index contributed by atoms with van der Waals surface area (Å²) >= 11 is 0. The molecule has 0 spiro atoms. The van der Waals surface area contributed by atoms with Gasteiger partial charge >= 0.3 is 11.9 Å². The van der Waals surface area contributed by atoms with Crippen molar-refractivity contribution in [2.45, 2.75) is 40.5 Å². The highest BCUT2D eigenvalue weighted by Crippen LogP contribution is 2.18. The smallest absolute Gasteiger partial charge is 0.331 e. The standard InChI is InChI=1S/2C13H16O2/c2*1-3-11(10-13(14)15-4-2)12-8-6-5-7-9-12/h2*5-10H,3-4H2,1-2H3/b11-10+;11-10-. The molecule has 4 heteroatoms. The van der Waals surface area contributed by atoms with Crippen molar-refractivity contribution in [1.82, 2.24) is 0 Å². The first-order valence-electron chi connectivity index (χ1n) is 10.4. The maximum absolute atomic E-state index is 11.3. The van der Waals surface area contributed by atoms with E-state index in [0.29, 0.717) is 13.2 Å². The number of benzene rings is 2. The van der Waals surface area contributed by atoms with Gasteiger partial charge in [0.05, 0.1) is 13.2 Å². The average molecular weight is 409 g/mol. The molecular formula is C26H32O4. The Morgan fingerprint density at radius 1 is 0.633 bits per heavy atom. The molecule has 0 aliphatic carbocycles. The molecule has 2 rings (SSSR count). The lowest BCUT2D eigenvalue weighted by Gasteiger charge is -2.04. The van der Waals surface area contributed by atoms with Gasteiger partial charge in [0.2, 0.25) is 0 Å². The van der Waals surface area contributed by atoms with Gasteiger partial charge in [-0.15, -0.1) is 0 Å². The van der Waals surface area contributed by atoms with Crippen LogP contribution in [0.2, 0.25) is 0 Å². The molecular weight excluding hydrogens is 376 g/mol. The van der Waals surface area contributed by atoms with E-state index in [2.05, 4.69) is 0 Å². The molecule has 4 nitrogen and oxygen atoms in total. The molecule has 30 heavy (non-hydrogen) atoms. The van der Waals surface area contributed by atoms with Crippen molar-refractivity contribution in [2.24, 2.45) is 0 Å². The van der Waals surface area contributed by atoms with Gasteiger partial charge in [0.25, 0.3) is 0 Å². The maximum atomic E-state index is 11.3. The number of rotatable bonds is 8. The van der Waals surface area contributed by atoms with Gasteiger partial charge in [0.1, 0.15) is 0 Å². The Bertz CT molecular complexity index is 749. The van der Waals surface area contributed by atoms with Crippen LogP contribution in [0.4, 0.5) is 0 Å². The van der Waals surface area contributed by atoms with Gasteiger partial charge in [0.15, 0.2) is 0 Å². The topological polar surface area (TPSA) is 52.6 Å². The predicted molar refractivity (Wildman–Crippen MR) is 123 cm³/mol. The summed E-state index contributed by atoms with van der Waals surface area (Å²) in [5, 5.41) is 0. The van der Waals surface area contributed by atoms with Gasteiger partial charge in [0, 0.05) is 12.2 Å². The first-order chi connectivity index (χ1) is 14.5. The summed E-state index contributed by atoms with van der Waals surface area (Å²) < 4.78 is 9.76. The van der Waals surface area contributed by atoms with Crippen LogP contribution in [-0.4, -0.2) is 25.2 Å². The third-order valence-electron chi connectivity index (χ3n) is 4.21. The fourth-order valence-corrected chi connectivity index (χ4v) is 2.74. The lowest BCUT2D eigenvalue weighted by atomic mass is 10.0. The zero-order valence-corrected chi connectivity index (χ0v) is 18.4. The highest BCUT2D eigenvalue weighted by Gasteiger charge is 2.03. The number of carbonyl (C=O) groups is 2. The number of carbonyl (C=O) groups excluding carboxylic acids is 2. The maximum Gasteiger partial charge on any atom is 0.331 e. The van der Waals surface area contributed by atoms with E-state index < -0.39 is 0 Å². The number of ether oxygens (including phenoxy) is 2. The molecule has 0 N–H and O–H groups in total. The third kappa shape index (κ3) is 9.37. The monoisotopic (exact) mass is 408 g/mol. The molecule has 0 saturated carbocycles. The van der Waals surface area contributed by atoms with Gasteiger partial charge in [-0.1, -0.05) is 74.5 Å². The van der Waals surface area contributed by atoms with Crippen LogP contribution >= 0.6 is 0 Å². The molecule has 160 valence electrons. The van der Waals surface area contributed by atoms with Crippen LogP contribution in [0.1, 0.15) is 51.7 Å². The summed E-state index contributed by atoms with van der Waals surface area (Å²) in [5.74, 6) is -0.531. The lowest BCUT2D eigenvalue weighted by molar-refractivity contribution is -0.138. The van der Waals surface area contributed by atoms with Crippen LogP contribution < -0.4 is 0 Å². The van der Waals surface area contributed by atoms with Crippen LogP contribution in [0.25, 0.3) is 11.1 Å². The molecule has 0 unspecified atom stereocenters. The SMILES string of the molecule is CCOC(=O)/C=C(/CC)c1ccccc1.CCOC(=O)/C=C(\CC)c1ccccc1. The Balaban J connectivity index is 0.000000300. The molecule has 0 aliphatic heterocycles. The summed E-state index contributed by atoms with van der Waals surface area (Å²) in [6.07, 6.45) is 4.78. The molecule has 2 aromatic carbocycles. The van der Waals surface area contributed by atoms with E-state index >= 15 is 0 Å². The second kappa shape index (κ2) is 14.8. The highest BCUT2D eigenvalue weighted by atomic mass is 16.5. The van der Waals surface area contributed by atoms with E-state index in [1.54, 1.807) is 26.0 Å². The summed E-state index contributed by atoms with van der Waals surface area (Å²) in [6.45, 7) is 8.50. The Hall–Kier alpha value is -3.14. The van der Waals surface area contributed by atoms with E-state index in [0.717, 1.165) is 35.1 Å². The van der Waals surface area contributed by atoms with Gasteiger partial charge < -0.3 is 9.47 Å². The minimum absolute atomic E-state index is 0.266. The summed E-state index contributed by atoms with van der Waals surface area (Å²) in [5.41, 5.74) is 4.17. The second-order valence-corrected chi connectivity index (χ2v) is 6.28. The molecule has 0 radical (unpaired) electrons.